The van der Waals surface area contributed by atoms with E-state index in [-0.39, 0.29) is 18.0 Å². The third-order valence-corrected chi connectivity index (χ3v) is 5.33. The number of hydrogen-bond donors (Lipinski definition) is 1. The van der Waals surface area contributed by atoms with Crippen LogP contribution in [0.25, 0.3) is 10.9 Å². The number of ether oxygens (including phenoxy) is 2. The molecule has 0 unspecified atom stereocenters. The average Bonchev–Trinajstić information content (AvgIpc) is 2.83. The van der Waals surface area contributed by atoms with E-state index in [2.05, 4.69) is 26.0 Å². The Labute approximate surface area is 200 Å². The van der Waals surface area contributed by atoms with Crippen LogP contribution in [0.4, 0.5) is 5.69 Å². The lowest BCUT2D eigenvalue weighted by Crippen LogP contribution is -2.32. The van der Waals surface area contributed by atoms with E-state index in [0.29, 0.717) is 32.3 Å². The molecule has 0 radical (unpaired) electrons. The quantitative estimate of drug-likeness (QED) is 0.222. The summed E-state index contributed by atoms with van der Waals surface area (Å²) < 4.78 is 12.7. The predicted octanol–water partition coefficient (Wildman–Crippen LogP) is 3.83. The lowest BCUT2D eigenvalue weighted by molar-refractivity contribution is -0.384. The van der Waals surface area contributed by atoms with Gasteiger partial charge >= 0.3 is 5.69 Å². The second-order valence-electron chi connectivity index (χ2n) is 7.08. The molecular formula is C23H17BrN4O6. The van der Waals surface area contributed by atoms with Gasteiger partial charge in [0, 0.05) is 22.2 Å². The Morgan fingerprint density at radius 2 is 1.94 bits per heavy atom. The van der Waals surface area contributed by atoms with Crippen molar-refractivity contribution in [3.63, 3.8) is 0 Å². The van der Waals surface area contributed by atoms with E-state index in [4.69, 9.17) is 9.47 Å². The van der Waals surface area contributed by atoms with Gasteiger partial charge in [0.1, 0.15) is 6.61 Å². The molecule has 0 saturated heterocycles. The molecule has 0 fully saturated rings. The number of aromatic nitrogens is 2. The number of nitro benzene ring substituents is 1. The molecule has 0 aliphatic heterocycles. The molecule has 10 nitrogen and oxygen atoms in total. The zero-order valence-corrected chi connectivity index (χ0v) is 19.3. The Balaban J connectivity index is 1.72. The van der Waals surface area contributed by atoms with Gasteiger partial charge < -0.3 is 14.5 Å². The number of para-hydroxylation sites is 1. The van der Waals surface area contributed by atoms with Crippen molar-refractivity contribution in [3.05, 3.63) is 107 Å². The van der Waals surface area contributed by atoms with Crippen LogP contribution < -0.4 is 20.7 Å². The van der Waals surface area contributed by atoms with Crippen molar-refractivity contribution in [2.24, 2.45) is 5.10 Å². The van der Waals surface area contributed by atoms with Crippen LogP contribution in [0, 0.1) is 10.1 Å². The standard InChI is InChI=1S/C23H17BrN4O6/c1-33-20-11-16(24)10-15(21(20)34-13-14-5-4-6-17(9-14)28(31)32)12-25-27-22(29)18-7-2-3-8-19(18)26-23(27)30/h2-12H,13H2,1H3,(H,26,30). The molecule has 1 aromatic heterocycles. The van der Waals surface area contributed by atoms with E-state index in [1.165, 1.54) is 25.5 Å². The van der Waals surface area contributed by atoms with Gasteiger partial charge in [-0.1, -0.05) is 40.2 Å². The lowest BCUT2D eigenvalue weighted by atomic mass is 10.2. The average molecular weight is 525 g/mol. The van der Waals surface area contributed by atoms with Gasteiger partial charge in [-0.2, -0.15) is 5.10 Å². The molecule has 0 amide bonds. The number of nitro groups is 1. The van der Waals surface area contributed by atoms with Crippen molar-refractivity contribution in [3.8, 4) is 11.5 Å². The summed E-state index contributed by atoms with van der Waals surface area (Å²) in [6, 6.07) is 16.0. The van der Waals surface area contributed by atoms with Crippen molar-refractivity contribution < 1.29 is 14.4 Å². The molecule has 0 aliphatic rings. The van der Waals surface area contributed by atoms with Crippen LogP contribution in [0.3, 0.4) is 0 Å². The monoisotopic (exact) mass is 524 g/mol. The lowest BCUT2D eigenvalue weighted by Gasteiger charge is -2.14. The van der Waals surface area contributed by atoms with E-state index in [1.54, 1.807) is 48.5 Å². The molecule has 34 heavy (non-hydrogen) atoms. The normalized spacial score (nSPS) is 11.1. The molecule has 172 valence electrons. The van der Waals surface area contributed by atoms with Crippen LogP contribution in [-0.4, -0.2) is 27.9 Å². The fraction of sp³-hybridized carbons (Fsp3) is 0.0870. The Morgan fingerprint density at radius 3 is 2.71 bits per heavy atom. The number of methoxy groups -OCH3 is 1. The largest absolute Gasteiger partial charge is 0.493 e. The first-order chi connectivity index (χ1) is 16.4. The summed E-state index contributed by atoms with van der Waals surface area (Å²) >= 11 is 3.39. The maximum atomic E-state index is 12.8. The van der Waals surface area contributed by atoms with Crippen molar-refractivity contribution in [1.82, 2.24) is 9.66 Å². The summed E-state index contributed by atoms with van der Waals surface area (Å²) in [4.78, 5) is 38.3. The van der Waals surface area contributed by atoms with Gasteiger partial charge in [0.05, 0.1) is 29.2 Å². The molecule has 11 heteroatoms. The van der Waals surface area contributed by atoms with Crippen LogP contribution in [0.5, 0.6) is 11.5 Å². The molecule has 0 saturated carbocycles. The van der Waals surface area contributed by atoms with Crippen molar-refractivity contribution >= 4 is 38.7 Å². The van der Waals surface area contributed by atoms with Crippen LogP contribution in [0.15, 0.2) is 79.8 Å². The third kappa shape index (κ3) is 4.74. The van der Waals surface area contributed by atoms with Gasteiger partial charge in [-0.15, -0.1) is 4.68 Å². The summed E-state index contributed by atoms with van der Waals surface area (Å²) in [5.74, 6) is 0.646. The minimum absolute atomic E-state index is 0.0109. The fourth-order valence-electron chi connectivity index (χ4n) is 3.28. The Bertz CT molecular complexity index is 1540. The fourth-order valence-corrected chi connectivity index (χ4v) is 3.74. The summed E-state index contributed by atoms with van der Waals surface area (Å²) in [7, 11) is 1.46. The summed E-state index contributed by atoms with van der Waals surface area (Å²) in [6.45, 7) is 0.0109. The van der Waals surface area contributed by atoms with E-state index < -0.39 is 16.2 Å². The zero-order valence-electron chi connectivity index (χ0n) is 17.7. The number of rotatable bonds is 7. The minimum Gasteiger partial charge on any atom is -0.493 e. The Morgan fingerprint density at radius 1 is 1.15 bits per heavy atom. The number of benzene rings is 3. The molecule has 3 aromatic carbocycles. The molecule has 4 rings (SSSR count). The number of hydrogen-bond acceptors (Lipinski definition) is 7. The number of H-pyrrole nitrogens is 1. The van der Waals surface area contributed by atoms with Crippen molar-refractivity contribution in [2.75, 3.05) is 7.11 Å². The number of nitrogens with one attached hydrogen (secondary N) is 1. The number of nitrogens with zero attached hydrogens (tertiary/aromatic N) is 3. The highest BCUT2D eigenvalue weighted by atomic mass is 79.9. The SMILES string of the molecule is COc1cc(Br)cc(C=Nn2c(=O)[nH]c3ccccc3c2=O)c1OCc1cccc([N+](=O)[O-])c1. The van der Waals surface area contributed by atoms with Gasteiger partial charge in [0.2, 0.25) is 0 Å². The van der Waals surface area contributed by atoms with Crippen molar-refractivity contribution in [2.45, 2.75) is 6.61 Å². The zero-order chi connectivity index (χ0) is 24.2. The molecule has 0 spiro atoms. The van der Waals surface area contributed by atoms with Gasteiger partial charge in [0.15, 0.2) is 11.5 Å². The van der Waals surface area contributed by atoms with E-state index in [0.717, 1.165) is 4.68 Å². The molecule has 4 aromatic rings. The smallest absolute Gasteiger partial charge is 0.349 e. The number of halogens is 1. The summed E-state index contributed by atoms with van der Waals surface area (Å²) in [6.07, 6.45) is 1.31. The molecular weight excluding hydrogens is 508 g/mol. The second-order valence-corrected chi connectivity index (χ2v) is 8.00. The molecule has 0 bridgehead atoms. The highest BCUT2D eigenvalue weighted by Gasteiger charge is 2.14. The Kier molecular flexibility index (Phi) is 6.55. The van der Waals surface area contributed by atoms with Crippen LogP contribution in [-0.2, 0) is 6.61 Å². The van der Waals surface area contributed by atoms with E-state index in [9.17, 15) is 19.7 Å². The first-order valence-corrected chi connectivity index (χ1v) is 10.7. The highest BCUT2D eigenvalue weighted by Crippen LogP contribution is 2.34. The van der Waals surface area contributed by atoms with E-state index >= 15 is 0 Å². The third-order valence-electron chi connectivity index (χ3n) is 4.87. The van der Waals surface area contributed by atoms with Crippen LogP contribution >= 0.6 is 15.9 Å². The summed E-state index contributed by atoms with van der Waals surface area (Å²) in [5.41, 5.74) is 0.0765. The molecule has 1 N–H and O–H groups in total. The number of aromatic amines is 1. The highest BCUT2D eigenvalue weighted by molar-refractivity contribution is 9.10. The van der Waals surface area contributed by atoms with Crippen LogP contribution in [0.1, 0.15) is 11.1 Å². The van der Waals surface area contributed by atoms with Gasteiger partial charge in [-0.3, -0.25) is 14.9 Å². The predicted molar refractivity (Wildman–Crippen MR) is 130 cm³/mol. The Hall–Kier alpha value is -4.25. The topological polar surface area (TPSA) is 129 Å². The molecule has 1 heterocycles. The minimum atomic E-state index is -0.694. The molecule has 0 aliphatic carbocycles. The first kappa shape index (κ1) is 22.9. The summed E-state index contributed by atoms with van der Waals surface area (Å²) in [5, 5.41) is 15.4. The second kappa shape index (κ2) is 9.71. The molecule has 0 atom stereocenters. The number of fused-ring (bicyclic) bond motifs is 1. The maximum absolute atomic E-state index is 12.8. The van der Waals surface area contributed by atoms with Gasteiger partial charge in [-0.25, -0.2) is 4.79 Å². The van der Waals surface area contributed by atoms with Crippen molar-refractivity contribution in [1.29, 1.82) is 0 Å². The number of non-ortho nitro benzene ring substituents is 1. The maximum Gasteiger partial charge on any atom is 0.349 e. The van der Waals surface area contributed by atoms with Gasteiger partial charge in [-0.05, 0) is 29.8 Å². The van der Waals surface area contributed by atoms with E-state index in [1.807, 2.05) is 0 Å². The van der Waals surface area contributed by atoms with Gasteiger partial charge in [0.25, 0.3) is 11.2 Å². The first-order valence-electron chi connectivity index (χ1n) is 9.89. The van der Waals surface area contributed by atoms with Crippen LogP contribution in [0.2, 0.25) is 0 Å².